The molecular weight excluding hydrogens is 366 g/mol. The number of carbonyl (C=O) groups is 1. The highest BCUT2D eigenvalue weighted by Gasteiger charge is 2.25. The van der Waals surface area contributed by atoms with E-state index in [4.69, 9.17) is 0 Å². The minimum Gasteiger partial charge on any atom is -0.493 e. The molecule has 2 aromatic carbocycles. The highest BCUT2D eigenvalue weighted by atomic mass is 16.3. The lowest BCUT2D eigenvalue weighted by atomic mass is 10.1. The van der Waals surface area contributed by atoms with Crippen LogP contribution < -0.4 is 9.80 Å². The summed E-state index contributed by atoms with van der Waals surface area (Å²) in [7, 11) is 0. The Labute approximate surface area is 169 Å². The molecule has 1 saturated heterocycles. The number of H-pyrrole nitrogens is 1. The number of nitrogens with zero attached hydrogens (tertiary/aromatic N) is 2. The molecule has 2 heterocycles. The van der Waals surface area contributed by atoms with Crippen LogP contribution in [-0.4, -0.2) is 48.7 Å². The molecule has 3 aromatic rings. The largest absolute Gasteiger partial charge is 0.493 e. The first-order valence-corrected chi connectivity index (χ1v) is 10.1. The third-order valence-electron chi connectivity index (χ3n) is 5.56. The van der Waals surface area contributed by atoms with Gasteiger partial charge in [0.1, 0.15) is 32.7 Å². The van der Waals surface area contributed by atoms with Gasteiger partial charge in [0.15, 0.2) is 12.2 Å². The number of carbonyl (C=O) groups excluding carboxylic acids is 1. The average Bonchev–Trinajstić information content (AvgIpc) is 3.04. The van der Waals surface area contributed by atoms with Crippen molar-refractivity contribution >= 4 is 22.5 Å². The molecule has 7 nitrogen and oxygen atoms in total. The molecule has 150 valence electrons. The van der Waals surface area contributed by atoms with Crippen LogP contribution >= 0.6 is 0 Å². The molecule has 0 saturated carbocycles. The van der Waals surface area contributed by atoms with Crippen molar-refractivity contribution in [2.24, 2.45) is 10.2 Å². The van der Waals surface area contributed by atoms with Crippen molar-refractivity contribution in [3.05, 3.63) is 59.7 Å². The first-order valence-electron chi connectivity index (χ1n) is 10.1. The van der Waals surface area contributed by atoms with Gasteiger partial charge in [-0.25, -0.2) is 0 Å². The lowest BCUT2D eigenvalue weighted by molar-refractivity contribution is -1.02. The van der Waals surface area contributed by atoms with Crippen LogP contribution in [0.5, 0.6) is 5.88 Å². The van der Waals surface area contributed by atoms with Crippen molar-refractivity contribution in [3.63, 3.8) is 0 Å². The van der Waals surface area contributed by atoms with Crippen LogP contribution in [0, 0.1) is 6.92 Å². The lowest BCUT2D eigenvalue weighted by Gasteiger charge is -2.28. The number of amides is 1. The highest BCUT2D eigenvalue weighted by Crippen LogP contribution is 2.34. The fourth-order valence-electron chi connectivity index (χ4n) is 3.87. The van der Waals surface area contributed by atoms with E-state index in [-0.39, 0.29) is 11.8 Å². The summed E-state index contributed by atoms with van der Waals surface area (Å²) >= 11 is 0. The number of aromatic amines is 1. The van der Waals surface area contributed by atoms with Crippen LogP contribution in [0.4, 0.5) is 5.69 Å². The molecule has 1 aromatic heterocycles. The Balaban J connectivity index is 1.29. The Morgan fingerprint density at radius 3 is 2.48 bits per heavy atom. The second kappa shape index (κ2) is 8.55. The summed E-state index contributed by atoms with van der Waals surface area (Å²) in [5.41, 5.74) is 3.73. The number of fused-ring (bicyclic) bond motifs is 1. The summed E-state index contributed by atoms with van der Waals surface area (Å²) < 4.78 is 0. The zero-order valence-corrected chi connectivity index (χ0v) is 16.6. The van der Waals surface area contributed by atoms with E-state index in [2.05, 4.69) is 46.4 Å². The third-order valence-corrected chi connectivity index (χ3v) is 5.56. The van der Waals surface area contributed by atoms with Crippen LogP contribution in [-0.2, 0) is 11.3 Å². The molecule has 0 aliphatic carbocycles. The van der Waals surface area contributed by atoms with Crippen molar-refractivity contribution in [2.45, 2.75) is 13.5 Å². The second-order valence-corrected chi connectivity index (χ2v) is 7.80. The van der Waals surface area contributed by atoms with E-state index < -0.39 is 0 Å². The average molecular weight is 393 g/mol. The fraction of sp³-hybridized carbons (Fsp3) is 0.318. The van der Waals surface area contributed by atoms with Crippen molar-refractivity contribution in [2.75, 3.05) is 32.7 Å². The maximum absolute atomic E-state index is 12.3. The number of piperazine rings is 1. The normalized spacial score (nSPS) is 19.8. The Kier molecular flexibility index (Phi) is 5.69. The van der Waals surface area contributed by atoms with E-state index in [0.717, 1.165) is 43.6 Å². The van der Waals surface area contributed by atoms with Gasteiger partial charge in [0.25, 0.3) is 0 Å². The maximum atomic E-state index is 12.3. The van der Waals surface area contributed by atoms with Gasteiger partial charge in [0.05, 0.1) is 5.52 Å². The van der Waals surface area contributed by atoms with Gasteiger partial charge >= 0.3 is 5.91 Å². The predicted octanol–water partition coefficient (Wildman–Crippen LogP) is 0.776. The number of aromatic hydroxyl groups is 1. The minimum atomic E-state index is -0.258. The monoisotopic (exact) mass is 393 g/mol. The Bertz CT molecular complexity index is 1020. The smallest absolute Gasteiger partial charge is 0.319 e. The topological polar surface area (TPSA) is 86.7 Å². The number of nitrogens with one attached hydrogen (secondary N) is 3. The van der Waals surface area contributed by atoms with Gasteiger partial charge < -0.3 is 19.9 Å². The first kappa shape index (κ1) is 19.3. The van der Waals surface area contributed by atoms with Gasteiger partial charge in [-0.2, -0.15) is 0 Å². The van der Waals surface area contributed by atoms with Crippen molar-refractivity contribution < 1.29 is 19.7 Å². The molecule has 4 N–H and O–H groups in total. The number of azo groups is 1. The van der Waals surface area contributed by atoms with Gasteiger partial charge in [-0.05, 0) is 13.0 Å². The van der Waals surface area contributed by atoms with Gasteiger partial charge in [-0.3, -0.25) is 4.79 Å². The molecule has 0 atom stereocenters. The molecule has 1 fully saturated rings. The summed E-state index contributed by atoms with van der Waals surface area (Å²) in [6.07, 6.45) is 0. The summed E-state index contributed by atoms with van der Waals surface area (Å²) in [4.78, 5) is 17.9. The zero-order valence-electron chi connectivity index (χ0n) is 16.6. The van der Waals surface area contributed by atoms with Crippen molar-refractivity contribution in [3.8, 4) is 5.88 Å². The van der Waals surface area contributed by atoms with Gasteiger partial charge in [0, 0.05) is 10.9 Å². The molecule has 0 radical (unpaired) electrons. The van der Waals surface area contributed by atoms with E-state index in [9.17, 15) is 9.90 Å². The summed E-state index contributed by atoms with van der Waals surface area (Å²) in [6, 6.07) is 16.1. The van der Waals surface area contributed by atoms with Crippen molar-refractivity contribution in [1.29, 1.82) is 0 Å². The number of benzene rings is 2. The van der Waals surface area contributed by atoms with E-state index in [0.29, 0.717) is 12.2 Å². The number of aromatic nitrogens is 1. The summed E-state index contributed by atoms with van der Waals surface area (Å²) in [5, 5.41) is 18.6. The number of para-hydroxylation sites is 1. The minimum absolute atomic E-state index is 0.0663. The van der Waals surface area contributed by atoms with E-state index in [1.165, 1.54) is 16.0 Å². The van der Waals surface area contributed by atoms with Crippen LogP contribution in [0.15, 0.2) is 58.8 Å². The lowest BCUT2D eigenvalue weighted by Crippen LogP contribution is -3.27. The molecule has 0 spiro atoms. The number of rotatable bonds is 5. The van der Waals surface area contributed by atoms with Crippen LogP contribution in [0.25, 0.3) is 10.9 Å². The fourth-order valence-corrected chi connectivity index (χ4v) is 3.87. The molecular formula is C22H27N5O2+2. The first-order chi connectivity index (χ1) is 14.1. The summed E-state index contributed by atoms with van der Waals surface area (Å²) in [5.74, 6) is -0.324. The van der Waals surface area contributed by atoms with E-state index in [1.807, 2.05) is 24.3 Å². The number of aryl methyl sites for hydroxylation is 1. The van der Waals surface area contributed by atoms with Crippen LogP contribution in [0.1, 0.15) is 11.1 Å². The molecule has 4 rings (SSSR count). The molecule has 0 unspecified atom stereocenters. The van der Waals surface area contributed by atoms with E-state index in [1.54, 1.807) is 4.90 Å². The molecule has 29 heavy (non-hydrogen) atoms. The number of hydrogen-bond acceptors (Lipinski definition) is 3. The van der Waals surface area contributed by atoms with Crippen LogP contribution in [0.2, 0.25) is 0 Å². The molecule has 1 amide bonds. The zero-order chi connectivity index (χ0) is 20.2. The Hall–Kier alpha value is -3.03. The van der Waals surface area contributed by atoms with Gasteiger partial charge in [-0.15, -0.1) is 10.2 Å². The number of quaternary nitrogens is 2. The quantitative estimate of drug-likeness (QED) is 0.483. The Morgan fingerprint density at radius 1 is 1.03 bits per heavy atom. The van der Waals surface area contributed by atoms with Gasteiger partial charge in [0.2, 0.25) is 5.88 Å². The summed E-state index contributed by atoms with van der Waals surface area (Å²) in [6.45, 7) is 7.44. The highest BCUT2D eigenvalue weighted by molar-refractivity contribution is 5.94. The second-order valence-electron chi connectivity index (χ2n) is 7.80. The predicted molar refractivity (Wildman–Crippen MR) is 111 cm³/mol. The SMILES string of the molecule is Cc1ccc(C[NH+]2CC[NH+](CC(=O)N=Nc3c(O)[nH]c4ccccc34)CC2)cc1. The standard InChI is InChI=1S/C22H25N5O2/c1-16-6-8-17(9-7-16)14-26-10-12-27(13-11-26)15-20(28)24-25-21-18-4-2-3-5-19(18)23-22(21)29/h2-9,23,29H,10-15H2,1H3/p+2. The van der Waals surface area contributed by atoms with Crippen molar-refractivity contribution in [1.82, 2.24) is 4.98 Å². The Morgan fingerprint density at radius 2 is 1.72 bits per heavy atom. The molecule has 1 aliphatic rings. The van der Waals surface area contributed by atoms with Gasteiger partial charge in [-0.1, -0.05) is 48.0 Å². The third kappa shape index (κ3) is 4.70. The van der Waals surface area contributed by atoms with Crippen LogP contribution in [0.3, 0.4) is 0 Å². The molecule has 0 bridgehead atoms. The van der Waals surface area contributed by atoms with E-state index >= 15 is 0 Å². The maximum Gasteiger partial charge on any atom is 0.319 e. The molecule has 7 heteroatoms. The number of hydrogen-bond donors (Lipinski definition) is 4. The molecule has 1 aliphatic heterocycles.